The van der Waals surface area contributed by atoms with Crippen molar-refractivity contribution >= 4 is 11.8 Å². The molecule has 1 fully saturated rings. The Kier molecular flexibility index (Phi) is 6.41. The third-order valence-electron chi connectivity index (χ3n) is 4.71. The Morgan fingerprint density at radius 1 is 1.04 bits per heavy atom. The van der Waals surface area contributed by atoms with Gasteiger partial charge in [0.1, 0.15) is 11.6 Å². The van der Waals surface area contributed by atoms with E-state index in [9.17, 15) is 14.0 Å². The minimum atomic E-state index is -0.490. The molecule has 0 aromatic heterocycles. The third-order valence-corrected chi connectivity index (χ3v) is 4.71. The van der Waals surface area contributed by atoms with E-state index in [1.54, 1.807) is 29.2 Å². The fraction of sp³-hybridized carbons (Fsp3) is 0.333. The second-order valence-corrected chi connectivity index (χ2v) is 6.62. The zero-order valence-corrected chi connectivity index (χ0v) is 15.1. The largest absolute Gasteiger partial charge is 0.484 e. The molecule has 5 nitrogen and oxygen atoms in total. The Labute approximate surface area is 158 Å². The summed E-state index contributed by atoms with van der Waals surface area (Å²) in [5, 5.41) is 2.88. The lowest BCUT2D eigenvalue weighted by atomic mass is 9.96. The van der Waals surface area contributed by atoms with Gasteiger partial charge in [0.05, 0.1) is 5.56 Å². The highest BCUT2D eigenvalue weighted by molar-refractivity contribution is 5.94. The molecule has 0 unspecified atom stereocenters. The van der Waals surface area contributed by atoms with Crippen LogP contribution in [-0.4, -0.2) is 43.0 Å². The van der Waals surface area contributed by atoms with Gasteiger partial charge >= 0.3 is 0 Å². The number of ether oxygens (including phenoxy) is 1. The lowest BCUT2D eigenvalue weighted by Crippen LogP contribution is -2.42. The highest BCUT2D eigenvalue weighted by Gasteiger charge is 2.25. The van der Waals surface area contributed by atoms with E-state index >= 15 is 0 Å². The number of hydrogen-bond donors (Lipinski definition) is 1. The molecular weight excluding hydrogens is 347 g/mol. The molecule has 1 aliphatic heterocycles. The molecule has 1 saturated heterocycles. The maximum absolute atomic E-state index is 13.8. The lowest BCUT2D eigenvalue weighted by molar-refractivity contribution is -0.123. The fourth-order valence-electron chi connectivity index (χ4n) is 3.12. The molecule has 0 saturated carbocycles. The first kappa shape index (κ1) is 18.9. The molecule has 2 aromatic carbocycles. The normalized spacial score (nSPS) is 14.6. The van der Waals surface area contributed by atoms with E-state index in [2.05, 4.69) is 5.32 Å². The van der Waals surface area contributed by atoms with Crippen LogP contribution in [0.1, 0.15) is 23.2 Å². The maximum atomic E-state index is 13.8. The predicted octanol–water partition coefficient (Wildman–Crippen LogP) is 2.87. The molecule has 1 heterocycles. The van der Waals surface area contributed by atoms with Crippen molar-refractivity contribution in [1.29, 1.82) is 0 Å². The summed E-state index contributed by atoms with van der Waals surface area (Å²) in [5.41, 5.74) is 0.113. The Morgan fingerprint density at radius 2 is 1.70 bits per heavy atom. The van der Waals surface area contributed by atoms with Gasteiger partial charge in [-0.3, -0.25) is 9.59 Å². The van der Waals surface area contributed by atoms with Gasteiger partial charge in [-0.05, 0) is 43.0 Å². The van der Waals surface area contributed by atoms with Crippen molar-refractivity contribution in [3.8, 4) is 5.75 Å². The summed E-state index contributed by atoms with van der Waals surface area (Å²) in [6, 6.07) is 15.2. The van der Waals surface area contributed by atoms with Crippen molar-refractivity contribution in [2.24, 2.45) is 5.92 Å². The van der Waals surface area contributed by atoms with Gasteiger partial charge in [-0.15, -0.1) is 0 Å². The van der Waals surface area contributed by atoms with E-state index in [0.717, 1.165) is 12.8 Å². The van der Waals surface area contributed by atoms with Gasteiger partial charge in [-0.1, -0.05) is 30.3 Å². The molecule has 0 aliphatic carbocycles. The number of amides is 2. The van der Waals surface area contributed by atoms with Gasteiger partial charge < -0.3 is 15.0 Å². The van der Waals surface area contributed by atoms with Crippen LogP contribution < -0.4 is 10.1 Å². The molecule has 6 heteroatoms. The molecular formula is C21H23FN2O3. The zero-order chi connectivity index (χ0) is 19.1. The van der Waals surface area contributed by atoms with Crippen LogP contribution in [0.25, 0.3) is 0 Å². The van der Waals surface area contributed by atoms with Crippen molar-refractivity contribution in [1.82, 2.24) is 10.2 Å². The minimum absolute atomic E-state index is 0.0192. The number of likely N-dealkylation sites (tertiary alicyclic amines) is 1. The summed E-state index contributed by atoms with van der Waals surface area (Å²) in [6.45, 7) is 1.66. The summed E-state index contributed by atoms with van der Waals surface area (Å²) in [5.74, 6) is 0.0359. The van der Waals surface area contributed by atoms with E-state index in [4.69, 9.17) is 4.74 Å². The van der Waals surface area contributed by atoms with Crippen molar-refractivity contribution in [2.45, 2.75) is 12.8 Å². The molecule has 1 aliphatic rings. The lowest BCUT2D eigenvalue weighted by Gasteiger charge is -2.32. The summed E-state index contributed by atoms with van der Waals surface area (Å²) in [4.78, 5) is 26.0. The van der Waals surface area contributed by atoms with Crippen LogP contribution in [0, 0.1) is 11.7 Å². The van der Waals surface area contributed by atoms with Gasteiger partial charge in [0.25, 0.3) is 11.8 Å². The van der Waals surface area contributed by atoms with Crippen LogP contribution >= 0.6 is 0 Å². The fourth-order valence-corrected chi connectivity index (χ4v) is 3.12. The average Bonchev–Trinajstić information content (AvgIpc) is 2.72. The number of hydrogen-bond acceptors (Lipinski definition) is 3. The standard InChI is InChI=1S/C21H23FN2O3/c22-19-9-5-4-8-18(19)21(26)24-12-10-16(11-13-24)14-23-20(25)15-27-17-6-2-1-3-7-17/h1-9,16H,10-15H2,(H,23,25). The summed E-state index contributed by atoms with van der Waals surface area (Å²) in [6.07, 6.45) is 1.56. The smallest absolute Gasteiger partial charge is 0.257 e. The van der Waals surface area contributed by atoms with Crippen LogP contribution in [-0.2, 0) is 4.79 Å². The van der Waals surface area contributed by atoms with E-state index in [1.165, 1.54) is 12.1 Å². The molecule has 142 valence electrons. The summed E-state index contributed by atoms with van der Waals surface area (Å²) in [7, 11) is 0. The van der Waals surface area contributed by atoms with Crippen molar-refractivity contribution in [3.63, 3.8) is 0 Å². The molecule has 0 radical (unpaired) electrons. The Hall–Kier alpha value is -2.89. The highest BCUT2D eigenvalue weighted by atomic mass is 19.1. The summed E-state index contributed by atoms with van der Waals surface area (Å²) < 4.78 is 19.2. The van der Waals surface area contributed by atoms with Gasteiger partial charge in [-0.2, -0.15) is 0 Å². The number of carbonyl (C=O) groups excluding carboxylic acids is 2. The van der Waals surface area contributed by atoms with Crippen LogP contribution in [0.4, 0.5) is 4.39 Å². The monoisotopic (exact) mass is 370 g/mol. The molecule has 0 spiro atoms. The SMILES string of the molecule is O=C(COc1ccccc1)NCC1CCN(C(=O)c2ccccc2F)CC1. The number of nitrogens with zero attached hydrogens (tertiary/aromatic N) is 1. The molecule has 2 amide bonds. The Morgan fingerprint density at radius 3 is 2.41 bits per heavy atom. The van der Waals surface area contributed by atoms with Crippen LogP contribution in [0.5, 0.6) is 5.75 Å². The first-order chi connectivity index (χ1) is 13.1. The quantitative estimate of drug-likeness (QED) is 0.851. The molecule has 27 heavy (non-hydrogen) atoms. The van der Waals surface area contributed by atoms with Gasteiger partial charge in [-0.25, -0.2) is 4.39 Å². The van der Waals surface area contributed by atoms with E-state index in [0.29, 0.717) is 31.3 Å². The zero-order valence-electron chi connectivity index (χ0n) is 15.1. The highest BCUT2D eigenvalue weighted by Crippen LogP contribution is 2.19. The molecule has 0 bridgehead atoms. The number of nitrogens with one attached hydrogen (secondary N) is 1. The minimum Gasteiger partial charge on any atom is -0.484 e. The van der Waals surface area contributed by atoms with Crippen molar-refractivity contribution in [2.75, 3.05) is 26.2 Å². The maximum Gasteiger partial charge on any atom is 0.257 e. The van der Waals surface area contributed by atoms with Crippen LogP contribution in [0.2, 0.25) is 0 Å². The Bertz CT molecular complexity index is 774. The molecule has 3 rings (SSSR count). The first-order valence-electron chi connectivity index (χ1n) is 9.12. The van der Waals surface area contributed by atoms with Gasteiger partial charge in [0, 0.05) is 19.6 Å². The first-order valence-corrected chi connectivity index (χ1v) is 9.12. The Balaban J connectivity index is 1.39. The number of benzene rings is 2. The predicted molar refractivity (Wildman–Crippen MR) is 100.0 cm³/mol. The number of para-hydroxylation sites is 1. The van der Waals surface area contributed by atoms with Crippen molar-refractivity contribution < 1.29 is 18.7 Å². The van der Waals surface area contributed by atoms with E-state index in [1.807, 2.05) is 18.2 Å². The van der Waals surface area contributed by atoms with Crippen LogP contribution in [0.3, 0.4) is 0 Å². The number of carbonyl (C=O) groups is 2. The molecule has 0 atom stereocenters. The van der Waals surface area contributed by atoms with Gasteiger partial charge in [0.2, 0.25) is 0 Å². The topological polar surface area (TPSA) is 58.6 Å². The van der Waals surface area contributed by atoms with E-state index in [-0.39, 0.29) is 24.0 Å². The number of halogens is 1. The van der Waals surface area contributed by atoms with Crippen LogP contribution in [0.15, 0.2) is 54.6 Å². The number of rotatable bonds is 6. The average molecular weight is 370 g/mol. The third kappa shape index (κ3) is 5.29. The molecule has 2 aromatic rings. The second kappa shape index (κ2) is 9.16. The van der Waals surface area contributed by atoms with E-state index < -0.39 is 5.82 Å². The van der Waals surface area contributed by atoms with Crippen molar-refractivity contribution in [3.05, 3.63) is 66.0 Å². The number of piperidine rings is 1. The van der Waals surface area contributed by atoms with Gasteiger partial charge in [0.15, 0.2) is 6.61 Å². The molecule has 1 N–H and O–H groups in total. The summed E-state index contributed by atoms with van der Waals surface area (Å²) >= 11 is 0. The second-order valence-electron chi connectivity index (χ2n) is 6.62.